The van der Waals surface area contributed by atoms with Crippen LogP contribution in [-0.2, 0) is 67.4 Å². The molecule has 0 aliphatic rings. The zero-order valence-corrected chi connectivity index (χ0v) is 73.7. The SMILES string of the molecule is CC[CH2][In]([CH2]CC)[CH2]c1ccccc1CC(F)(F)F.C[CH2][Al]([CH2]C)[CH2]c1ccccc1CC(F)(F)F.C[CH2][Al]([CH3])[CH2]c1ccccc1CC(F)(F)F.C[CH2][Ga]([CH2]C)[CH2]c1ccccc1CC(F)(F)F.[CH3][Ga]([CH3])[CH2]c1ccccc1CC(F)(F)F.[CH3][In]([CH3])[CH2]c1ccccc1CC(F)(F)F. The fourth-order valence-electron chi connectivity index (χ4n) is 11.5. The van der Waals surface area contributed by atoms with Crippen LogP contribution in [-0.4, -0.2) is 141 Å². The summed E-state index contributed by atoms with van der Waals surface area (Å²) in [7, 11) is 0. The van der Waals surface area contributed by atoms with Crippen LogP contribution in [0.1, 0.15) is 128 Å². The van der Waals surface area contributed by atoms with Gasteiger partial charge in [-0.05, 0) is 11.1 Å². The molecule has 546 valence electrons. The summed E-state index contributed by atoms with van der Waals surface area (Å²) in [5.41, 5.74) is 12.6. The van der Waals surface area contributed by atoms with Crippen LogP contribution >= 0.6 is 0 Å². The molecule has 0 unspecified atom stereocenters. The number of hydrogen-bond donors (Lipinski definition) is 0. The third-order valence-corrected chi connectivity index (χ3v) is 46.7. The van der Waals surface area contributed by atoms with Crippen molar-refractivity contribution in [2.45, 2.75) is 226 Å². The van der Waals surface area contributed by atoms with E-state index in [4.69, 9.17) is 0 Å². The average molecular weight is 1770 g/mol. The van der Waals surface area contributed by atoms with E-state index in [0.717, 1.165) is 78.1 Å². The Labute approximate surface area is 615 Å². The first-order chi connectivity index (χ1) is 46.1. The first kappa shape index (κ1) is 95.1. The van der Waals surface area contributed by atoms with Gasteiger partial charge in [0.25, 0.3) is 28.3 Å². The van der Waals surface area contributed by atoms with Gasteiger partial charge in [0.2, 0.25) is 0 Å². The van der Waals surface area contributed by atoms with E-state index < -0.39 is 179 Å². The molecule has 6 aromatic carbocycles. The molecule has 0 atom stereocenters. The molecule has 0 aliphatic carbocycles. The standard InChI is InChI=1S/6C9H8F3.2C3H7.5C2H5.5CH3.2Al.2Ga.2In/c6*1-7-4-2-3-5-8(7)6-9(10,11)12;2*1-3-2;5*1-2;;;;;;;;;;;/h6*2-5H,1,6H2;2*1,3H2,2H3;5*1H2,2H3;5*1H3;;;;;;. The Morgan fingerprint density at radius 2 is 0.576 bits per heavy atom. The van der Waals surface area contributed by atoms with E-state index in [1.165, 1.54) is 31.1 Å². The van der Waals surface area contributed by atoms with Crippen molar-refractivity contribution >= 4 is 104 Å². The molecule has 0 saturated heterocycles. The molecular weight excluding hydrogens is 1670 g/mol. The van der Waals surface area contributed by atoms with E-state index in [9.17, 15) is 79.0 Å². The Morgan fingerprint density at radius 1 is 0.323 bits per heavy atom. The first-order valence-corrected chi connectivity index (χ1v) is 67.7. The van der Waals surface area contributed by atoms with Crippen molar-refractivity contribution in [1.82, 2.24) is 0 Å². The molecule has 0 bridgehead atoms. The zero-order chi connectivity index (χ0) is 75.2. The fourth-order valence-corrected chi connectivity index (χ4v) is 35.6. The van der Waals surface area contributed by atoms with Crippen molar-refractivity contribution < 1.29 is 79.0 Å². The minimum atomic E-state index is -4.11. The van der Waals surface area contributed by atoms with Crippen LogP contribution in [0.3, 0.4) is 0 Å². The molecular formula is C75H102Al2F18Ga2In2. The van der Waals surface area contributed by atoms with Gasteiger partial charge in [-0.2, -0.15) is 26.3 Å². The number of hydrogen-bond acceptors (Lipinski definition) is 0. The summed E-state index contributed by atoms with van der Waals surface area (Å²) in [4.78, 5) is 4.22. The number of benzene rings is 6. The Balaban J connectivity index is 0.000000595. The van der Waals surface area contributed by atoms with Gasteiger partial charge in [-0.1, -0.05) is 107 Å². The number of rotatable bonds is 27. The maximum atomic E-state index is 12.6. The van der Waals surface area contributed by atoms with Gasteiger partial charge in [-0.3, -0.25) is 0 Å². The molecule has 0 fully saturated rings. The van der Waals surface area contributed by atoms with Crippen LogP contribution in [0.25, 0.3) is 0 Å². The van der Waals surface area contributed by atoms with Crippen molar-refractivity contribution in [3.8, 4) is 0 Å². The molecule has 6 rings (SSSR count). The van der Waals surface area contributed by atoms with Crippen LogP contribution in [0.15, 0.2) is 146 Å². The van der Waals surface area contributed by atoms with E-state index in [1.807, 2.05) is 72.8 Å². The van der Waals surface area contributed by atoms with Gasteiger partial charge in [-0.15, -0.1) is 5.79 Å². The van der Waals surface area contributed by atoms with Crippen LogP contribution in [0.2, 0.25) is 60.3 Å². The molecule has 0 saturated carbocycles. The van der Waals surface area contributed by atoms with Crippen molar-refractivity contribution in [2.24, 2.45) is 0 Å². The minimum absolute atomic E-state index is 0.447. The monoisotopic (exact) mass is 1770 g/mol. The van der Waals surface area contributed by atoms with Gasteiger partial charge in [0.1, 0.15) is 0 Å². The molecule has 99 heavy (non-hydrogen) atoms. The molecule has 0 N–H and O–H groups in total. The molecule has 0 nitrogen and oxygen atoms in total. The normalized spacial score (nSPS) is 11.6. The van der Waals surface area contributed by atoms with Crippen LogP contribution in [0.5, 0.6) is 0 Å². The Bertz CT molecular complexity index is 2960. The van der Waals surface area contributed by atoms with E-state index in [1.54, 1.807) is 72.8 Å². The second kappa shape index (κ2) is 49.1. The molecule has 0 aromatic heterocycles. The predicted molar refractivity (Wildman–Crippen MR) is 386 cm³/mol. The van der Waals surface area contributed by atoms with Crippen LogP contribution < -0.4 is 0 Å². The quantitative estimate of drug-likeness (QED) is 0.0356. The van der Waals surface area contributed by atoms with E-state index in [-0.39, 0.29) is 0 Å². The van der Waals surface area contributed by atoms with Crippen molar-refractivity contribution in [2.75, 3.05) is 0 Å². The van der Waals surface area contributed by atoms with Crippen molar-refractivity contribution in [3.63, 3.8) is 0 Å². The topological polar surface area (TPSA) is 0 Å². The van der Waals surface area contributed by atoms with E-state index >= 15 is 0 Å². The Morgan fingerprint density at radius 3 is 0.838 bits per heavy atom. The summed E-state index contributed by atoms with van der Waals surface area (Å²) >= 11 is -7.55. The van der Waals surface area contributed by atoms with Crippen LogP contribution in [0, 0.1) is 0 Å². The average Bonchev–Trinajstić information content (AvgIpc) is 0.942. The molecule has 24 heteroatoms. The summed E-state index contributed by atoms with van der Waals surface area (Å²) in [6.45, 7) is 15.1. The second-order valence-electron chi connectivity index (χ2n) is 26.7. The Kier molecular flexibility index (Phi) is 47.2. The summed E-state index contributed by atoms with van der Waals surface area (Å²) in [5, 5.41) is 5.18. The van der Waals surface area contributed by atoms with Gasteiger partial charge in [0.05, 0.1) is 12.8 Å². The summed E-state index contributed by atoms with van der Waals surface area (Å²) in [6.07, 6.45) is -27.0. The summed E-state index contributed by atoms with van der Waals surface area (Å²) in [5.74, 6) is 2.20. The third-order valence-electron chi connectivity index (χ3n) is 16.8. The molecule has 0 heterocycles. The first-order valence-electron chi connectivity index (χ1n) is 34.9. The van der Waals surface area contributed by atoms with Gasteiger partial charge in [0.15, 0.2) is 0 Å². The van der Waals surface area contributed by atoms with E-state index in [0.29, 0.717) is 33.4 Å². The molecule has 0 radical (unpaired) electrons. The molecule has 0 amide bonds. The van der Waals surface area contributed by atoms with Gasteiger partial charge < -0.3 is 0 Å². The summed E-state index contributed by atoms with van der Waals surface area (Å²) in [6, 6.07) is 41.9. The number of alkyl halides is 18. The van der Waals surface area contributed by atoms with Gasteiger partial charge in [0, 0.05) is 0 Å². The van der Waals surface area contributed by atoms with Crippen molar-refractivity contribution in [1.29, 1.82) is 0 Å². The van der Waals surface area contributed by atoms with Gasteiger partial charge >= 0.3 is 430 Å². The van der Waals surface area contributed by atoms with Crippen LogP contribution in [0.4, 0.5) is 79.0 Å². The second-order valence-corrected chi connectivity index (χ2v) is 67.1. The van der Waals surface area contributed by atoms with Crippen molar-refractivity contribution in [3.05, 3.63) is 212 Å². The Hall–Kier alpha value is -1.86. The maximum absolute atomic E-state index is 12.6. The third kappa shape index (κ3) is 47.4. The van der Waals surface area contributed by atoms with Gasteiger partial charge in [-0.25, -0.2) is 0 Å². The summed E-state index contributed by atoms with van der Waals surface area (Å²) < 4.78 is 232. The molecule has 0 aliphatic heterocycles. The fraction of sp³-hybridized carbons (Fsp3) is 0.520. The molecule has 6 aromatic rings. The number of halogens is 18. The molecule has 0 spiro atoms. The zero-order valence-electron chi connectivity index (χ0n) is 60.0. The van der Waals surface area contributed by atoms with E-state index in [2.05, 4.69) is 74.6 Å². The predicted octanol–water partition coefficient (Wildman–Crippen LogP) is 25.3.